The van der Waals surface area contributed by atoms with Gasteiger partial charge in [-0.2, -0.15) is 0 Å². The Labute approximate surface area is 157 Å². The zero-order valence-corrected chi connectivity index (χ0v) is 15.2. The maximum atomic E-state index is 12.3. The molecule has 0 spiro atoms. The van der Waals surface area contributed by atoms with Crippen LogP contribution >= 0.6 is 0 Å². The van der Waals surface area contributed by atoms with Crippen LogP contribution in [0.15, 0.2) is 36.4 Å². The SMILES string of the molecule is CC1(OC(=O)CCc2c(OC(=O)C(=O)O)ccc3ccccc23)CCCC1. The van der Waals surface area contributed by atoms with Crippen molar-refractivity contribution in [3.8, 4) is 5.75 Å². The topological polar surface area (TPSA) is 89.9 Å². The van der Waals surface area contributed by atoms with Gasteiger partial charge in [0.2, 0.25) is 0 Å². The Bertz CT molecular complexity index is 879. The quantitative estimate of drug-likeness (QED) is 0.491. The van der Waals surface area contributed by atoms with Gasteiger partial charge in [0.15, 0.2) is 0 Å². The normalized spacial score (nSPS) is 15.4. The molecule has 27 heavy (non-hydrogen) atoms. The van der Waals surface area contributed by atoms with E-state index in [1.165, 1.54) is 0 Å². The lowest BCUT2D eigenvalue weighted by Crippen LogP contribution is -2.28. The average Bonchev–Trinajstić information content (AvgIpc) is 3.06. The van der Waals surface area contributed by atoms with E-state index in [0.717, 1.165) is 36.5 Å². The zero-order valence-electron chi connectivity index (χ0n) is 15.2. The maximum Gasteiger partial charge on any atom is 0.422 e. The molecule has 0 aliphatic heterocycles. The van der Waals surface area contributed by atoms with Crippen LogP contribution in [0.5, 0.6) is 5.75 Å². The Morgan fingerprint density at radius 1 is 1.07 bits per heavy atom. The number of carbonyl (C=O) groups excluding carboxylic acids is 2. The highest BCUT2D eigenvalue weighted by Crippen LogP contribution is 2.34. The molecule has 6 nitrogen and oxygen atoms in total. The smallest absolute Gasteiger partial charge is 0.422 e. The molecule has 1 N–H and O–H groups in total. The fraction of sp³-hybridized carbons (Fsp3) is 0.381. The Kier molecular flexibility index (Phi) is 5.44. The summed E-state index contributed by atoms with van der Waals surface area (Å²) in [5, 5.41) is 10.5. The molecular weight excluding hydrogens is 348 g/mol. The molecule has 0 radical (unpaired) electrons. The molecule has 0 heterocycles. The molecule has 3 rings (SSSR count). The second kappa shape index (κ2) is 7.78. The number of carboxylic acid groups (broad SMARTS) is 1. The highest BCUT2D eigenvalue weighted by Gasteiger charge is 2.32. The van der Waals surface area contributed by atoms with Crippen molar-refractivity contribution in [2.45, 2.75) is 51.0 Å². The van der Waals surface area contributed by atoms with Crippen LogP contribution in [0, 0.1) is 0 Å². The fourth-order valence-corrected chi connectivity index (χ4v) is 3.59. The van der Waals surface area contributed by atoms with Gasteiger partial charge in [0.05, 0.1) is 0 Å². The Hall–Kier alpha value is -2.89. The van der Waals surface area contributed by atoms with E-state index in [2.05, 4.69) is 0 Å². The van der Waals surface area contributed by atoms with Crippen molar-refractivity contribution in [1.82, 2.24) is 0 Å². The first kappa shape index (κ1) is 18.9. The number of rotatable bonds is 5. The second-order valence-corrected chi connectivity index (χ2v) is 7.09. The van der Waals surface area contributed by atoms with Crippen LogP contribution in [0.4, 0.5) is 0 Å². The summed E-state index contributed by atoms with van der Waals surface area (Å²) < 4.78 is 10.7. The van der Waals surface area contributed by atoms with Crippen LogP contribution in [0.3, 0.4) is 0 Å². The van der Waals surface area contributed by atoms with E-state index in [9.17, 15) is 14.4 Å². The van der Waals surface area contributed by atoms with Gasteiger partial charge in [-0.05, 0) is 55.9 Å². The summed E-state index contributed by atoms with van der Waals surface area (Å²) in [6.07, 6.45) is 4.27. The summed E-state index contributed by atoms with van der Waals surface area (Å²) in [5.74, 6) is -3.17. The van der Waals surface area contributed by atoms with Gasteiger partial charge >= 0.3 is 17.9 Å². The van der Waals surface area contributed by atoms with Crippen molar-refractivity contribution in [2.75, 3.05) is 0 Å². The van der Waals surface area contributed by atoms with Gasteiger partial charge in [-0.25, -0.2) is 9.59 Å². The van der Waals surface area contributed by atoms with Gasteiger partial charge in [0.1, 0.15) is 11.4 Å². The lowest BCUT2D eigenvalue weighted by atomic mass is 9.99. The number of esters is 2. The highest BCUT2D eigenvalue weighted by atomic mass is 16.6. The molecule has 6 heteroatoms. The van der Waals surface area contributed by atoms with E-state index in [4.69, 9.17) is 14.6 Å². The minimum atomic E-state index is -1.66. The number of benzene rings is 2. The van der Waals surface area contributed by atoms with Crippen LogP contribution in [0.1, 0.15) is 44.6 Å². The number of ether oxygens (including phenoxy) is 2. The van der Waals surface area contributed by atoms with Crippen molar-refractivity contribution >= 4 is 28.7 Å². The molecule has 0 unspecified atom stereocenters. The van der Waals surface area contributed by atoms with E-state index >= 15 is 0 Å². The first-order valence-corrected chi connectivity index (χ1v) is 9.05. The molecule has 1 saturated carbocycles. The molecule has 1 aliphatic rings. The van der Waals surface area contributed by atoms with Crippen LogP contribution in [0.25, 0.3) is 10.8 Å². The van der Waals surface area contributed by atoms with Crippen molar-refractivity contribution < 1.29 is 29.0 Å². The maximum absolute atomic E-state index is 12.3. The molecule has 0 aromatic heterocycles. The summed E-state index contributed by atoms with van der Waals surface area (Å²) in [4.78, 5) is 34.7. The van der Waals surface area contributed by atoms with Crippen LogP contribution < -0.4 is 4.74 Å². The number of fused-ring (bicyclic) bond motifs is 1. The molecule has 0 bridgehead atoms. The number of carbonyl (C=O) groups is 3. The Balaban J connectivity index is 1.81. The van der Waals surface area contributed by atoms with E-state index in [-0.39, 0.29) is 18.1 Å². The van der Waals surface area contributed by atoms with E-state index in [0.29, 0.717) is 12.0 Å². The number of aliphatic carboxylic acids is 1. The van der Waals surface area contributed by atoms with Crippen molar-refractivity contribution in [3.63, 3.8) is 0 Å². The molecule has 0 saturated heterocycles. The first-order chi connectivity index (χ1) is 12.9. The molecular formula is C21H22O6. The fourth-order valence-electron chi connectivity index (χ4n) is 3.59. The average molecular weight is 370 g/mol. The Morgan fingerprint density at radius 3 is 2.48 bits per heavy atom. The third-order valence-corrected chi connectivity index (χ3v) is 4.98. The minimum absolute atomic E-state index is 0.126. The second-order valence-electron chi connectivity index (χ2n) is 7.09. The van der Waals surface area contributed by atoms with Gasteiger partial charge in [-0.1, -0.05) is 30.3 Å². The minimum Gasteiger partial charge on any atom is -0.473 e. The molecule has 142 valence electrons. The van der Waals surface area contributed by atoms with Crippen LogP contribution in [-0.2, 0) is 25.5 Å². The molecule has 2 aromatic rings. The third-order valence-electron chi connectivity index (χ3n) is 4.98. The number of hydrogen-bond acceptors (Lipinski definition) is 5. The van der Waals surface area contributed by atoms with Crippen LogP contribution in [-0.4, -0.2) is 28.6 Å². The largest absolute Gasteiger partial charge is 0.473 e. The number of hydrogen-bond donors (Lipinski definition) is 1. The van der Waals surface area contributed by atoms with E-state index in [1.807, 2.05) is 31.2 Å². The highest BCUT2D eigenvalue weighted by molar-refractivity contribution is 6.29. The molecule has 0 amide bonds. The number of carboxylic acids is 1. The molecule has 2 aromatic carbocycles. The number of aryl methyl sites for hydroxylation is 1. The van der Waals surface area contributed by atoms with Gasteiger partial charge in [0.25, 0.3) is 0 Å². The molecule has 1 aliphatic carbocycles. The Morgan fingerprint density at radius 2 is 1.78 bits per heavy atom. The molecule has 0 atom stereocenters. The van der Waals surface area contributed by atoms with Crippen molar-refractivity contribution in [2.24, 2.45) is 0 Å². The summed E-state index contributed by atoms with van der Waals surface area (Å²) in [7, 11) is 0. The van der Waals surface area contributed by atoms with Crippen molar-refractivity contribution in [1.29, 1.82) is 0 Å². The van der Waals surface area contributed by atoms with Crippen molar-refractivity contribution in [3.05, 3.63) is 42.0 Å². The summed E-state index contributed by atoms with van der Waals surface area (Å²) in [6, 6.07) is 10.8. The summed E-state index contributed by atoms with van der Waals surface area (Å²) >= 11 is 0. The van der Waals surface area contributed by atoms with Gasteiger partial charge < -0.3 is 14.6 Å². The predicted octanol–water partition coefficient (Wildman–Crippen LogP) is 3.64. The summed E-state index contributed by atoms with van der Waals surface area (Å²) in [5.41, 5.74) is 0.227. The van der Waals surface area contributed by atoms with Gasteiger partial charge in [0, 0.05) is 12.0 Å². The van der Waals surface area contributed by atoms with Gasteiger partial charge in [-0.3, -0.25) is 4.79 Å². The van der Waals surface area contributed by atoms with Crippen LogP contribution in [0.2, 0.25) is 0 Å². The first-order valence-electron chi connectivity index (χ1n) is 9.05. The van der Waals surface area contributed by atoms with E-state index < -0.39 is 17.5 Å². The molecule has 1 fully saturated rings. The third kappa shape index (κ3) is 4.45. The lowest BCUT2D eigenvalue weighted by Gasteiger charge is -2.24. The summed E-state index contributed by atoms with van der Waals surface area (Å²) in [6.45, 7) is 1.95. The monoisotopic (exact) mass is 370 g/mol. The lowest BCUT2D eigenvalue weighted by molar-refractivity contribution is -0.158. The van der Waals surface area contributed by atoms with Gasteiger partial charge in [-0.15, -0.1) is 0 Å². The van der Waals surface area contributed by atoms with E-state index in [1.54, 1.807) is 12.1 Å². The predicted molar refractivity (Wildman–Crippen MR) is 98.5 cm³/mol. The standard InChI is InChI=1S/C21H22O6/c1-21(12-4-5-13-21)27-18(22)11-9-16-15-7-3-2-6-14(15)8-10-17(16)26-20(25)19(23)24/h2-3,6-8,10H,4-5,9,11-13H2,1H3,(H,23,24). The zero-order chi connectivity index (χ0) is 19.4.